The predicted molar refractivity (Wildman–Crippen MR) is 58.4 cm³/mol. The predicted octanol–water partition coefficient (Wildman–Crippen LogP) is 3.09. The van der Waals surface area contributed by atoms with Crippen LogP contribution >= 0.6 is 12.6 Å². The van der Waals surface area contributed by atoms with Crippen LogP contribution in [-0.2, 0) is 6.42 Å². The van der Waals surface area contributed by atoms with Crippen molar-refractivity contribution in [1.82, 2.24) is 4.98 Å². The van der Waals surface area contributed by atoms with Gasteiger partial charge in [0.1, 0.15) is 0 Å². The molecule has 0 spiro atoms. The Labute approximate surface area is 83.2 Å². The van der Waals surface area contributed by atoms with E-state index in [9.17, 15) is 0 Å². The van der Waals surface area contributed by atoms with Gasteiger partial charge in [-0.15, -0.1) is 12.6 Å². The maximum atomic E-state index is 4.21. The molecule has 1 heterocycles. The second-order valence-corrected chi connectivity index (χ2v) is 3.54. The summed E-state index contributed by atoms with van der Waals surface area (Å²) in [5.41, 5.74) is 1.35. The summed E-state index contributed by atoms with van der Waals surface area (Å²) in [5, 5.41) is 3.18. The zero-order chi connectivity index (χ0) is 9.26. The average molecular weight is 189 g/mol. The minimum atomic E-state index is 0.778. The maximum Gasteiger partial charge on any atom is 0.0935 e. The van der Waals surface area contributed by atoms with Gasteiger partial charge in [-0.3, -0.25) is 0 Å². The first-order chi connectivity index (χ1) is 6.29. The van der Waals surface area contributed by atoms with Gasteiger partial charge in [-0.1, -0.05) is 25.1 Å². The Bertz CT molecular complexity index is 437. The van der Waals surface area contributed by atoms with E-state index in [-0.39, 0.29) is 0 Å². The van der Waals surface area contributed by atoms with Crippen molar-refractivity contribution in [3.8, 4) is 0 Å². The summed E-state index contributed by atoms with van der Waals surface area (Å²) in [4.78, 5) is 4.13. The number of aromatic nitrogens is 1. The quantitative estimate of drug-likeness (QED) is 0.680. The highest BCUT2D eigenvalue weighted by Gasteiger charge is 1.96. The summed E-state index contributed by atoms with van der Waals surface area (Å²) < 4.78 is 0. The fraction of sp³-hybridized carbons (Fsp3) is 0.182. The van der Waals surface area contributed by atoms with Crippen molar-refractivity contribution in [2.24, 2.45) is 0 Å². The van der Waals surface area contributed by atoms with Crippen molar-refractivity contribution in [2.45, 2.75) is 18.4 Å². The van der Waals surface area contributed by atoms with E-state index in [0.29, 0.717) is 0 Å². The van der Waals surface area contributed by atoms with Gasteiger partial charge in [0.25, 0.3) is 0 Å². The number of hydrogen-bond donors (Lipinski definition) is 1. The molecule has 66 valence electrons. The van der Waals surface area contributed by atoms with Gasteiger partial charge in [0.2, 0.25) is 0 Å². The largest absolute Gasteiger partial charge is 0.250 e. The van der Waals surface area contributed by atoms with Gasteiger partial charge in [-0.25, -0.2) is 4.98 Å². The number of thiol groups is 1. The molecule has 2 rings (SSSR count). The number of pyridine rings is 1. The number of hydrogen-bond acceptors (Lipinski definition) is 2. The standard InChI is InChI=1S/C11H11NS/c1-2-8-3-4-9-7-12-11(13)6-10(9)5-8/h3-7H,2H2,1H3,(H,12,13). The number of nitrogens with zero attached hydrogens (tertiary/aromatic N) is 1. The second-order valence-electron chi connectivity index (χ2n) is 3.08. The van der Waals surface area contributed by atoms with Crippen molar-refractivity contribution < 1.29 is 0 Å². The summed E-state index contributed by atoms with van der Waals surface area (Å²) in [5.74, 6) is 0. The highest BCUT2D eigenvalue weighted by molar-refractivity contribution is 7.80. The summed E-state index contributed by atoms with van der Waals surface area (Å²) in [6.07, 6.45) is 2.93. The lowest BCUT2D eigenvalue weighted by Crippen LogP contribution is -1.82. The van der Waals surface area contributed by atoms with Crippen LogP contribution < -0.4 is 0 Å². The highest BCUT2D eigenvalue weighted by atomic mass is 32.1. The molecule has 0 aliphatic rings. The van der Waals surface area contributed by atoms with Crippen molar-refractivity contribution in [3.63, 3.8) is 0 Å². The van der Waals surface area contributed by atoms with Crippen LogP contribution in [0.1, 0.15) is 12.5 Å². The normalized spacial score (nSPS) is 10.6. The fourth-order valence-electron chi connectivity index (χ4n) is 1.40. The Morgan fingerprint density at radius 3 is 2.85 bits per heavy atom. The monoisotopic (exact) mass is 189 g/mol. The molecule has 0 aliphatic carbocycles. The molecule has 0 amide bonds. The SMILES string of the molecule is CCc1ccc2cnc(S)cc2c1. The van der Waals surface area contributed by atoms with E-state index >= 15 is 0 Å². The van der Waals surface area contributed by atoms with E-state index < -0.39 is 0 Å². The smallest absolute Gasteiger partial charge is 0.0935 e. The van der Waals surface area contributed by atoms with Crippen LogP contribution in [0.4, 0.5) is 0 Å². The zero-order valence-corrected chi connectivity index (χ0v) is 8.38. The van der Waals surface area contributed by atoms with Crippen LogP contribution in [0.25, 0.3) is 10.8 Å². The molecule has 2 heteroatoms. The minimum absolute atomic E-state index is 0.778. The fourth-order valence-corrected chi connectivity index (χ4v) is 1.60. The molecule has 0 unspecified atom stereocenters. The number of benzene rings is 1. The van der Waals surface area contributed by atoms with Crippen LogP contribution in [0.15, 0.2) is 35.5 Å². The van der Waals surface area contributed by atoms with Crippen molar-refractivity contribution >= 4 is 23.4 Å². The Kier molecular flexibility index (Phi) is 2.23. The van der Waals surface area contributed by atoms with Crippen LogP contribution in [0.3, 0.4) is 0 Å². The summed E-state index contributed by atoms with van der Waals surface area (Å²) >= 11 is 4.21. The maximum absolute atomic E-state index is 4.21. The van der Waals surface area contributed by atoms with Gasteiger partial charge in [0, 0.05) is 11.6 Å². The second kappa shape index (κ2) is 3.38. The molecule has 0 N–H and O–H groups in total. The molecular weight excluding hydrogens is 178 g/mol. The van der Waals surface area contributed by atoms with E-state index in [0.717, 1.165) is 11.4 Å². The molecule has 0 atom stereocenters. The van der Waals surface area contributed by atoms with Crippen molar-refractivity contribution in [1.29, 1.82) is 0 Å². The van der Waals surface area contributed by atoms with Gasteiger partial charge in [-0.05, 0) is 23.4 Å². The Balaban J connectivity index is 2.68. The van der Waals surface area contributed by atoms with Crippen molar-refractivity contribution in [2.75, 3.05) is 0 Å². The van der Waals surface area contributed by atoms with Gasteiger partial charge < -0.3 is 0 Å². The number of fused-ring (bicyclic) bond motifs is 1. The molecule has 0 saturated carbocycles. The molecule has 1 nitrogen and oxygen atoms in total. The molecule has 0 saturated heterocycles. The third-order valence-electron chi connectivity index (χ3n) is 2.18. The lowest BCUT2D eigenvalue weighted by Gasteiger charge is -2.00. The first-order valence-electron chi connectivity index (χ1n) is 4.37. The Morgan fingerprint density at radius 1 is 1.23 bits per heavy atom. The first kappa shape index (κ1) is 8.57. The molecule has 0 fully saturated rings. The van der Waals surface area contributed by atoms with Crippen LogP contribution in [0.5, 0.6) is 0 Å². The molecule has 1 aromatic carbocycles. The number of rotatable bonds is 1. The average Bonchev–Trinajstić information content (AvgIpc) is 2.16. The zero-order valence-electron chi connectivity index (χ0n) is 7.49. The van der Waals surface area contributed by atoms with Crippen LogP contribution in [0, 0.1) is 0 Å². The molecule has 0 bridgehead atoms. The van der Waals surface area contributed by atoms with Crippen molar-refractivity contribution in [3.05, 3.63) is 36.0 Å². The van der Waals surface area contributed by atoms with Gasteiger partial charge >= 0.3 is 0 Å². The first-order valence-corrected chi connectivity index (χ1v) is 4.82. The minimum Gasteiger partial charge on any atom is -0.250 e. The third-order valence-corrected chi connectivity index (χ3v) is 2.42. The molecule has 1 aromatic heterocycles. The third kappa shape index (κ3) is 1.68. The summed E-state index contributed by atoms with van der Waals surface area (Å²) in [6, 6.07) is 8.44. The van der Waals surface area contributed by atoms with E-state index in [4.69, 9.17) is 0 Å². The topological polar surface area (TPSA) is 12.9 Å². The van der Waals surface area contributed by atoms with E-state index in [1.807, 2.05) is 12.3 Å². The summed E-state index contributed by atoms with van der Waals surface area (Å²) in [6.45, 7) is 2.16. The Hall–Kier alpha value is -1.02. The van der Waals surface area contributed by atoms with E-state index in [2.05, 4.69) is 42.7 Å². The Morgan fingerprint density at radius 2 is 2.08 bits per heavy atom. The lowest BCUT2D eigenvalue weighted by atomic mass is 10.1. The van der Waals surface area contributed by atoms with Gasteiger partial charge in [0.05, 0.1) is 5.03 Å². The van der Waals surface area contributed by atoms with Crippen LogP contribution in [0.2, 0.25) is 0 Å². The molecule has 0 radical (unpaired) electrons. The van der Waals surface area contributed by atoms with Gasteiger partial charge in [-0.2, -0.15) is 0 Å². The molecular formula is C11H11NS. The van der Waals surface area contributed by atoms with Crippen LogP contribution in [-0.4, -0.2) is 4.98 Å². The molecule has 0 aliphatic heterocycles. The summed E-state index contributed by atoms with van der Waals surface area (Å²) in [7, 11) is 0. The molecule has 2 aromatic rings. The van der Waals surface area contributed by atoms with E-state index in [1.165, 1.54) is 16.3 Å². The van der Waals surface area contributed by atoms with Gasteiger partial charge in [0.15, 0.2) is 0 Å². The highest BCUT2D eigenvalue weighted by Crippen LogP contribution is 2.17. The number of aryl methyl sites for hydroxylation is 1. The van der Waals surface area contributed by atoms with E-state index in [1.54, 1.807) is 0 Å². The molecule has 13 heavy (non-hydrogen) atoms. The lowest BCUT2D eigenvalue weighted by molar-refractivity contribution is 1.14.